The standard InChI is InChI=1S/C11H10BrF3O2/c1-6(2)10(16)8-4-3-7(5-9(8)12)17-11(13,14)15/h3-6H,1-2H3. The maximum absolute atomic E-state index is 12.0. The van der Waals surface area contributed by atoms with Crippen molar-refractivity contribution in [2.45, 2.75) is 20.2 Å². The molecule has 6 heteroatoms. The van der Waals surface area contributed by atoms with Crippen molar-refractivity contribution in [2.24, 2.45) is 5.92 Å². The molecule has 1 rings (SSSR count). The van der Waals surface area contributed by atoms with Gasteiger partial charge in [-0.2, -0.15) is 0 Å². The molecule has 94 valence electrons. The van der Waals surface area contributed by atoms with Gasteiger partial charge in [0.25, 0.3) is 0 Å². The lowest BCUT2D eigenvalue weighted by Gasteiger charge is -2.11. The summed E-state index contributed by atoms with van der Waals surface area (Å²) in [5.74, 6) is -0.721. The number of alkyl halides is 3. The number of carbonyl (C=O) groups is 1. The fourth-order valence-electron chi connectivity index (χ4n) is 1.20. The van der Waals surface area contributed by atoms with E-state index in [1.807, 2.05) is 0 Å². The average Bonchev–Trinajstić information content (AvgIpc) is 2.14. The van der Waals surface area contributed by atoms with Crippen LogP contribution < -0.4 is 4.74 Å². The molecule has 0 heterocycles. The lowest BCUT2D eigenvalue weighted by molar-refractivity contribution is -0.274. The van der Waals surface area contributed by atoms with E-state index in [2.05, 4.69) is 20.7 Å². The third-order valence-electron chi connectivity index (χ3n) is 1.96. The third kappa shape index (κ3) is 4.03. The fraction of sp³-hybridized carbons (Fsp3) is 0.364. The summed E-state index contributed by atoms with van der Waals surface area (Å²) in [5.41, 5.74) is 0.342. The van der Waals surface area contributed by atoms with Gasteiger partial charge in [-0.1, -0.05) is 13.8 Å². The zero-order valence-electron chi connectivity index (χ0n) is 9.14. The smallest absolute Gasteiger partial charge is 0.406 e. The Kier molecular flexibility index (Phi) is 4.19. The number of hydrogen-bond donors (Lipinski definition) is 0. The molecule has 17 heavy (non-hydrogen) atoms. The van der Waals surface area contributed by atoms with E-state index in [1.54, 1.807) is 13.8 Å². The summed E-state index contributed by atoms with van der Waals surface area (Å²) < 4.78 is 39.9. The minimum absolute atomic E-state index is 0.143. The van der Waals surface area contributed by atoms with Crippen LogP contribution in [0.25, 0.3) is 0 Å². The maximum Gasteiger partial charge on any atom is 0.573 e. The van der Waals surface area contributed by atoms with Crippen LogP contribution >= 0.6 is 15.9 Å². The predicted molar refractivity (Wildman–Crippen MR) is 60.0 cm³/mol. The lowest BCUT2D eigenvalue weighted by atomic mass is 10.0. The van der Waals surface area contributed by atoms with Crippen molar-refractivity contribution in [2.75, 3.05) is 0 Å². The van der Waals surface area contributed by atoms with Crippen LogP contribution in [-0.2, 0) is 0 Å². The number of halogens is 4. The molecular weight excluding hydrogens is 301 g/mol. The summed E-state index contributed by atoms with van der Waals surface area (Å²) >= 11 is 3.06. The molecule has 0 aromatic heterocycles. The highest BCUT2D eigenvalue weighted by Crippen LogP contribution is 2.28. The van der Waals surface area contributed by atoms with Gasteiger partial charge in [0.2, 0.25) is 0 Å². The Bertz CT molecular complexity index is 427. The maximum atomic E-state index is 12.0. The first-order chi connectivity index (χ1) is 7.70. The first kappa shape index (κ1) is 14.0. The molecule has 1 aromatic rings. The summed E-state index contributed by atoms with van der Waals surface area (Å²) in [6.07, 6.45) is -4.73. The first-order valence-corrected chi connectivity index (χ1v) is 5.59. The van der Waals surface area contributed by atoms with E-state index in [0.717, 1.165) is 12.1 Å². The normalized spacial score (nSPS) is 11.7. The number of carbonyl (C=O) groups excluding carboxylic acids is 1. The van der Waals surface area contributed by atoms with E-state index >= 15 is 0 Å². The number of hydrogen-bond acceptors (Lipinski definition) is 2. The van der Waals surface area contributed by atoms with E-state index in [9.17, 15) is 18.0 Å². The second-order valence-corrected chi connectivity index (χ2v) is 4.56. The molecule has 0 saturated heterocycles. The highest BCUT2D eigenvalue weighted by molar-refractivity contribution is 9.10. The number of benzene rings is 1. The molecule has 0 bridgehead atoms. The van der Waals surface area contributed by atoms with Crippen LogP contribution in [0.15, 0.2) is 22.7 Å². The van der Waals surface area contributed by atoms with Gasteiger partial charge in [0, 0.05) is 16.0 Å². The van der Waals surface area contributed by atoms with E-state index in [0.29, 0.717) is 5.56 Å². The zero-order chi connectivity index (χ0) is 13.2. The second kappa shape index (κ2) is 5.08. The molecule has 0 aliphatic rings. The molecule has 0 aliphatic carbocycles. The van der Waals surface area contributed by atoms with Crippen LogP contribution in [0.1, 0.15) is 24.2 Å². The van der Waals surface area contributed by atoms with Gasteiger partial charge >= 0.3 is 6.36 Å². The molecule has 0 spiro atoms. The molecule has 2 nitrogen and oxygen atoms in total. The van der Waals surface area contributed by atoms with Crippen LogP contribution in [0.4, 0.5) is 13.2 Å². The van der Waals surface area contributed by atoms with Gasteiger partial charge in [-0.25, -0.2) is 0 Å². The van der Waals surface area contributed by atoms with E-state index in [-0.39, 0.29) is 21.9 Å². The molecule has 1 aromatic carbocycles. The Hall–Kier alpha value is -1.04. The van der Waals surface area contributed by atoms with Crippen LogP contribution in [0.3, 0.4) is 0 Å². The molecular formula is C11H10BrF3O2. The van der Waals surface area contributed by atoms with E-state index in [4.69, 9.17) is 0 Å². The van der Waals surface area contributed by atoms with Gasteiger partial charge in [-0.15, -0.1) is 13.2 Å². The van der Waals surface area contributed by atoms with Crippen molar-refractivity contribution in [3.8, 4) is 5.75 Å². The molecule has 0 N–H and O–H groups in total. The number of ketones is 1. The third-order valence-corrected chi connectivity index (χ3v) is 2.62. The van der Waals surface area contributed by atoms with Crippen LogP contribution in [0.5, 0.6) is 5.75 Å². The Morgan fingerprint density at radius 1 is 1.35 bits per heavy atom. The first-order valence-electron chi connectivity index (χ1n) is 4.80. The molecule has 0 aliphatic heterocycles. The number of rotatable bonds is 3. The van der Waals surface area contributed by atoms with Gasteiger partial charge in [-0.05, 0) is 34.1 Å². The summed E-state index contributed by atoms with van der Waals surface area (Å²) in [6, 6.07) is 3.56. The van der Waals surface area contributed by atoms with Crippen molar-refractivity contribution < 1.29 is 22.7 Å². The Morgan fingerprint density at radius 3 is 2.35 bits per heavy atom. The highest BCUT2D eigenvalue weighted by atomic mass is 79.9. The van der Waals surface area contributed by atoms with Gasteiger partial charge in [0.05, 0.1) is 0 Å². The average molecular weight is 311 g/mol. The largest absolute Gasteiger partial charge is 0.573 e. The summed E-state index contributed by atoms with van der Waals surface area (Å²) in [7, 11) is 0. The predicted octanol–water partition coefficient (Wildman–Crippen LogP) is 4.19. The SMILES string of the molecule is CC(C)C(=O)c1ccc(OC(F)(F)F)cc1Br. The van der Waals surface area contributed by atoms with Crippen LogP contribution in [-0.4, -0.2) is 12.1 Å². The highest BCUT2D eigenvalue weighted by Gasteiger charge is 2.31. The molecule has 0 radical (unpaired) electrons. The Labute approximate surface area is 105 Å². The number of ether oxygens (including phenoxy) is 1. The zero-order valence-corrected chi connectivity index (χ0v) is 10.7. The second-order valence-electron chi connectivity index (χ2n) is 3.71. The van der Waals surface area contributed by atoms with Gasteiger partial charge < -0.3 is 4.74 Å². The lowest BCUT2D eigenvalue weighted by Crippen LogP contribution is -2.17. The topological polar surface area (TPSA) is 26.3 Å². The molecule has 0 saturated carbocycles. The van der Waals surface area contributed by atoms with Crippen molar-refractivity contribution in [1.82, 2.24) is 0 Å². The summed E-state index contributed by atoms with van der Waals surface area (Å²) in [5, 5.41) is 0. The minimum atomic E-state index is -4.73. The van der Waals surface area contributed by atoms with Crippen LogP contribution in [0.2, 0.25) is 0 Å². The molecule has 0 unspecified atom stereocenters. The summed E-state index contributed by atoms with van der Waals surface area (Å²) in [4.78, 5) is 11.7. The van der Waals surface area contributed by atoms with Gasteiger partial charge in [0.1, 0.15) is 5.75 Å². The van der Waals surface area contributed by atoms with Crippen molar-refractivity contribution >= 4 is 21.7 Å². The summed E-state index contributed by atoms with van der Waals surface area (Å²) in [6.45, 7) is 3.43. The molecule has 0 fully saturated rings. The van der Waals surface area contributed by atoms with Crippen molar-refractivity contribution in [3.63, 3.8) is 0 Å². The van der Waals surface area contributed by atoms with E-state index in [1.165, 1.54) is 6.07 Å². The van der Waals surface area contributed by atoms with Crippen molar-refractivity contribution in [1.29, 1.82) is 0 Å². The van der Waals surface area contributed by atoms with Crippen molar-refractivity contribution in [3.05, 3.63) is 28.2 Å². The van der Waals surface area contributed by atoms with E-state index < -0.39 is 6.36 Å². The Morgan fingerprint density at radius 2 is 1.94 bits per heavy atom. The monoisotopic (exact) mass is 310 g/mol. The van der Waals surface area contributed by atoms with Crippen LogP contribution in [0, 0.1) is 5.92 Å². The Balaban J connectivity index is 2.98. The fourth-order valence-corrected chi connectivity index (χ4v) is 1.76. The van der Waals surface area contributed by atoms with Gasteiger partial charge in [-0.3, -0.25) is 4.79 Å². The molecule has 0 atom stereocenters. The minimum Gasteiger partial charge on any atom is -0.406 e. The molecule has 0 amide bonds. The number of Topliss-reactive ketones (excluding diaryl/α,β-unsaturated/α-hetero) is 1. The van der Waals surface area contributed by atoms with Gasteiger partial charge in [0.15, 0.2) is 5.78 Å². The quantitative estimate of drug-likeness (QED) is 0.783.